The molecule has 2 aromatic rings. The molecule has 0 saturated carbocycles. The summed E-state index contributed by atoms with van der Waals surface area (Å²) in [5.41, 5.74) is 6.73. The molecule has 0 aliphatic heterocycles. The number of carbonyl (C=O) groups is 1. The number of rotatable bonds is 2. The van der Waals surface area contributed by atoms with Gasteiger partial charge in [0.1, 0.15) is 11.5 Å². The van der Waals surface area contributed by atoms with E-state index in [-0.39, 0.29) is 0 Å². The zero-order valence-electron chi connectivity index (χ0n) is 7.27. The lowest BCUT2D eigenvalue weighted by Crippen LogP contribution is -2.03. The van der Waals surface area contributed by atoms with E-state index in [0.29, 0.717) is 18.1 Å². The van der Waals surface area contributed by atoms with Crippen molar-refractivity contribution in [1.29, 1.82) is 0 Å². The first-order valence-electron chi connectivity index (χ1n) is 4.09. The van der Waals surface area contributed by atoms with Crippen molar-refractivity contribution in [1.82, 2.24) is 9.38 Å². The maximum Gasteiger partial charge on any atom is 0.170 e. The summed E-state index contributed by atoms with van der Waals surface area (Å²) in [6, 6.07) is 5.57. The first-order chi connectivity index (χ1) is 6.77. The molecule has 5 heteroatoms. The van der Waals surface area contributed by atoms with Gasteiger partial charge in [-0.3, -0.25) is 9.20 Å². The summed E-state index contributed by atoms with van der Waals surface area (Å²) in [7, 11) is 0. The van der Waals surface area contributed by atoms with Crippen LogP contribution < -0.4 is 5.73 Å². The molecule has 14 heavy (non-hydrogen) atoms. The second kappa shape index (κ2) is 3.51. The molecule has 0 saturated heterocycles. The number of nitrogens with two attached hydrogens (primary N) is 1. The molecule has 0 unspecified atom stereocenters. The van der Waals surface area contributed by atoms with E-state index < -0.39 is 0 Å². The fraction of sp³-hybridized carbons (Fsp3) is 0.111. The molecule has 0 fully saturated rings. The zero-order chi connectivity index (χ0) is 10.1. The Balaban J connectivity index is 2.88. The van der Waals surface area contributed by atoms with Gasteiger partial charge >= 0.3 is 0 Å². The minimum Gasteiger partial charge on any atom is -0.324 e. The Morgan fingerprint density at radius 1 is 1.57 bits per heavy atom. The predicted molar refractivity (Wildman–Crippen MR) is 56.2 cm³/mol. The Hall–Kier alpha value is -1.20. The number of imidazole rings is 1. The van der Waals surface area contributed by atoms with Crippen molar-refractivity contribution in [3.63, 3.8) is 0 Å². The quantitative estimate of drug-likeness (QED) is 0.650. The number of hydrogen-bond acceptors (Lipinski definition) is 3. The first kappa shape index (κ1) is 9.36. The normalized spacial score (nSPS) is 10.7. The topological polar surface area (TPSA) is 60.4 Å². The molecule has 0 spiro atoms. The van der Waals surface area contributed by atoms with Crippen LogP contribution >= 0.6 is 15.9 Å². The molecule has 2 heterocycles. The highest BCUT2D eigenvalue weighted by atomic mass is 79.9. The second-order valence-electron chi connectivity index (χ2n) is 2.80. The van der Waals surface area contributed by atoms with Crippen molar-refractivity contribution in [2.24, 2.45) is 5.73 Å². The van der Waals surface area contributed by atoms with Crippen LogP contribution in [0, 0.1) is 0 Å². The summed E-state index contributed by atoms with van der Waals surface area (Å²) in [4.78, 5) is 14.9. The van der Waals surface area contributed by atoms with Gasteiger partial charge in [-0.05, 0) is 28.1 Å². The van der Waals surface area contributed by atoms with E-state index in [0.717, 1.165) is 16.4 Å². The Labute approximate surface area is 88.9 Å². The van der Waals surface area contributed by atoms with Gasteiger partial charge in [0.05, 0.1) is 16.7 Å². The van der Waals surface area contributed by atoms with Gasteiger partial charge in [0.25, 0.3) is 0 Å². The number of aromatic nitrogens is 2. The largest absolute Gasteiger partial charge is 0.324 e. The Morgan fingerprint density at radius 3 is 3.00 bits per heavy atom. The van der Waals surface area contributed by atoms with Crippen molar-refractivity contribution < 1.29 is 4.79 Å². The third kappa shape index (κ3) is 1.25. The SMILES string of the molecule is NCc1nc(C=O)c2cccc(Br)n12. The van der Waals surface area contributed by atoms with Crippen molar-refractivity contribution >= 4 is 27.7 Å². The molecular formula is C9H8BrN3O. The van der Waals surface area contributed by atoms with E-state index in [2.05, 4.69) is 20.9 Å². The van der Waals surface area contributed by atoms with Crippen molar-refractivity contribution in [3.8, 4) is 0 Å². The van der Waals surface area contributed by atoms with Gasteiger partial charge in [-0.25, -0.2) is 4.98 Å². The number of pyridine rings is 1. The molecule has 0 atom stereocenters. The smallest absolute Gasteiger partial charge is 0.170 e. The average Bonchev–Trinajstić information content (AvgIpc) is 2.57. The van der Waals surface area contributed by atoms with E-state index >= 15 is 0 Å². The molecule has 2 N–H and O–H groups in total. The van der Waals surface area contributed by atoms with Gasteiger partial charge in [-0.1, -0.05) is 6.07 Å². The van der Waals surface area contributed by atoms with Crippen molar-refractivity contribution in [2.75, 3.05) is 0 Å². The van der Waals surface area contributed by atoms with Crippen LogP contribution in [0.4, 0.5) is 0 Å². The van der Waals surface area contributed by atoms with Crippen LogP contribution in [0.15, 0.2) is 22.8 Å². The van der Waals surface area contributed by atoms with Crippen LogP contribution in [0.5, 0.6) is 0 Å². The molecule has 72 valence electrons. The molecule has 4 nitrogen and oxygen atoms in total. The number of fused-ring (bicyclic) bond motifs is 1. The zero-order valence-corrected chi connectivity index (χ0v) is 8.86. The molecule has 2 aromatic heterocycles. The minimum absolute atomic E-state index is 0.303. The van der Waals surface area contributed by atoms with Gasteiger partial charge in [0.2, 0.25) is 0 Å². The van der Waals surface area contributed by atoms with Gasteiger partial charge in [0.15, 0.2) is 6.29 Å². The fourth-order valence-electron chi connectivity index (χ4n) is 1.42. The molecule has 0 aliphatic carbocycles. The van der Waals surface area contributed by atoms with Crippen LogP contribution in [0.25, 0.3) is 5.52 Å². The highest BCUT2D eigenvalue weighted by molar-refractivity contribution is 9.10. The van der Waals surface area contributed by atoms with Crippen LogP contribution in [-0.4, -0.2) is 15.7 Å². The average molecular weight is 254 g/mol. The Kier molecular flexibility index (Phi) is 2.35. The highest BCUT2D eigenvalue weighted by Gasteiger charge is 2.10. The van der Waals surface area contributed by atoms with Gasteiger partial charge in [-0.2, -0.15) is 0 Å². The minimum atomic E-state index is 0.303. The molecule has 0 amide bonds. The number of carbonyl (C=O) groups excluding carboxylic acids is 1. The van der Waals surface area contributed by atoms with E-state index in [9.17, 15) is 4.79 Å². The number of aldehydes is 1. The summed E-state index contributed by atoms with van der Waals surface area (Å²) < 4.78 is 2.67. The highest BCUT2D eigenvalue weighted by Crippen LogP contribution is 2.18. The maximum atomic E-state index is 10.7. The third-order valence-corrected chi connectivity index (χ3v) is 2.63. The van der Waals surface area contributed by atoms with Crippen LogP contribution in [-0.2, 0) is 6.54 Å². The number of halogens is 1. The summed E-state index contributed by atoms with van der Waals surface area (Å²) in [6.07, 6.45) is 0.737. The molecule has 0 aromatic carbocycles. The van der Waals surface area contributed by atoms with Crippen molar-refractivity contribution in [2.45, 2.75) is 6.54 Å². The van der Waals surface area contributed by atoms with Crippen molar-refractivity contribution in [3.05, 3.63) is 34.3 Å². The second-order valence-corrected chi connectivity index (χ2v) is 3.62. The summed E-state index contributed by atoms with van der Waals surface area (Å²) >= 11 is 3.38. The molecular weight excluding hydrogens is 246 g/mol. The fourth-order valence-corrected chi connectivity index (χ4v) is 1.96. The van der Waals surface area contributed by atoms with Crippen LogP contribution in [0.1, 0.15) is 16.3 Å². The lowest BCUT2D eigenvalue weighted by atomic mass is 10.3. The summed E-state index contributed by atoms with van der Waals surface area (Å²) in [5.74, 6) is 0.676. The number of nitrogens with zero attached hydrogens (tertiary/aromatic N) is 2. The van der Waals surface area contributed by atoms with Crippen LogP contribution in [0.3, 0.4) is 0 Å². The predicted octanol–water partition coefficient (Wildman–Crippen LogP) is 1.37. The monoisotopic (exact) mass is 253 g/mol. The summed E-state index contributed by atoms with van der Waals surface area (Å²) in [6.45, 7) is 0.303. The molecule has 0 radical (unpaired) electrons. The van der Waals surface area contributed by atoms with Gasteiger partial charge < -0.3 is 5.73 Å². The lowest BCUT2D eigenvalue weighted by molar-refractivity contribution is 0.112. The van der Waals surface area contributed by atoms with E-state index in [1.165, 1.54) is 0 Å². The standard InChI is InChI=1S/C9H8BrN3O/c10-8-3-1-2-7-6(5-14)12-9(4-11)13(7)8/h1-3,5H,4,11H2. The Morgan fingerprint density at radius 2 is 2.36 bits per heavy atom. The molecule has 0 bridgehead atoms. The maximum absolute atomic E-state index is 10.7. The lowest BCUT2D eigenvalue weighted by Gasteiger charge is -2.00. The summed E-state index contributed by atoms with van der Waals surface area (Å²) in [5, 5.41) is 0. The van der Waals surface area contributed by atoms with E-state index in [1.54, 1.807) is 0 Å². The van der Waals surface area contributed by atoms with E-state index in [1.807, 2.05) is 22.6 Å². The van der Waals surface area contributed by atoms with Gasteiger partial charge in [0, 0.05) is 0 Å². The number of hydrogen-bond donors (Lipinski definition) is 1. The molecule has 0 aliphatic rings. The van der Waals surface area contributed by atoms with Crippen LogP contribution in [0.2, 0.25) is 0 Å². The first-order valence-corrected chi connectivity index (χ1v) is 4.88. The Bertz CT molecular complexity index is 492. The van der Waals surface area contributed by atoms with E-state index in [4.69, 9.17) is 5.73 Å². The molecule has 2 rings (SSSR count). The van der Waals surface area contributed by atoms with Gasteiger partial charge in [-0.15, -0.1) is 0 Å². The third-order valence-electron chi connectivity index (χ3n) is 2.01.